The number of amides is 1. The highest BCUT2D eigenvalue weighted by atomic mass is 16.5. The zero-order valence-electron chi connectivity index (χ0n) is 33.8. The van der Waals surface area contributed by atoms with Crippen LogP contribution < -0.4 is 5.32 Å². The summed E-state index contributed by atoms with van der Waals surface area (Å²) < 4.78 is 5.88. The molecule has 0 saturated carbocycles. The maximum atomic E-state index is 13.1. The molecule has 0 bridgehead atoms. The summed E-state index contributed by atoms with van der Waals surface area (Å²) in [6, 6.07) is -0.689. The van der Waals surface area contributed by atoms with Crippen LogP contribution in [0.25, 0.3) is 0 Å². The number of ether oxygens (including phenoxy) is 1. The number of hydrogen-bond donors (Lipinski definition) is 3. The summed E-state index contributed by atoms with van der Waals surface area (Å²) in [6.07, 6.45) is 38.7. The van der Waals surface area contributed by atoms with E-state index in [1.54, 1.807) is 0 Å². The lowest BCUT2D eigenvalue weighted by Gasteiger charge is -2.24. The number of carbonyl (C=O) groups excluding carboxylic acids is 2. The predicted molar refractivity (Wildman–Crippen MR) is 214 cm³/mol. The zero-order chi connectivity index (χ0) is 36.8. The second-order valence-electron chi connectivity index (χ2n) is 15.5. The zero-order valence-corrected chi connectivity index (χ0v) is 33.8. The molecule has 0 fully saturated rings. The summed E-state index contributed by atoms with van der Waals surface area (Å²) in [7, 11) is 0. The van der Waals surface area contributed by atoms with E-state index in [1.807, 2.05) is 0 Å². The van der Waals surface area contributed by atoms with Crippen molar-refractivity contribution in [3.8, 4) is 0 Å². The fourth-order valence-corrected chi connectivity index (χ4v) is 7.02. The van der Waals surface area contributed by atoms with E-state index in [0.717, 1.165) is 44.9 Å². The molecule has 0 aromatic rings. The van der Waals surface area contributed by atoms with E-state index >= 15 is 0 Å². The van der Waals surface area contributed by atoms with Gasteiger partial charge >= 0.3 is 5.97 Å². The number of rotatable bonds is 40. The third-order valence-electron chi connectivity index (χ3n) is 10.4. The van der Waals surface area contributed by atoms with Crippen molar-refractivity contribution < 1.29 is 24.5 Å². The topological polar surface area (TPSA) is 95.9 Å². The number of unbranched alkanes of at least 4 members (excludes halogenated alkanes) is 28. The number of aliphatic hydroxyl groups is 2. The van der Waals surface area contributed by atoms with Gasteiger partial charge in [-0.2, -0.15) is 0 Å². The number of hydrogen-bond acceptors (Lipinski definition) is 5. The first-order valence-corrected chi connectivity index (χ1v) is 22.3. The summed E-state index contributed by atoms with van der Waals surface area (Å²) >= 11 is 0. The maximum absolute atomic E-state index is 13.1. The molecule has 1 amide bonds. The summed E-state index contributed by atoms with van der Waals surface area (Å²) in [5.74, 6) is -0.464. The first-order valence-electron chi connectivity index (χ1n) is 22.3. The van der Waals surface area contributed by atoms with Gasteiger partial charge in [-0.3, -0.25) is 9.59 Å². The smallest absolute Gasteiger partial charge is 0.306 e. The molecule has 298 valence electrons. The Labute approximate surface area is 311 Å². The van der Waals surface area contributed by atoms with Crippen LogP contribution in [0.15, 0.2) is 0 Å². The molecular formula is C44H87NO5. The van der Waals surface area contributed by atoms with Crippen molar-refractivity contribution in [2.75, 3.05) is 6.61 Å². The Balaban J connectivity index is 4.51. The number of esters is 1. The van der Waals surface area contributed by atoms with Gasteiger partial charge in [-0.15, -0.1) is 0 Å². The van der Waals surface area contributed by atoms with Gasteiger partial charge in [-0.1, -0.05) is 207 Å². The molecule has 3 unspecified atom stereocenters. The molecular weight excluding hydrogens is 622 g/mol. The Kier molecular flexibility index (Phi) is 38.2. The van der Waals surface area contributed by atoms with Gasteiger partial charge in [0.1, 0.15) is 6.10 Å². The van der Waals surface area contributed by atoms with Gasteiger partial charge < -0.3 is 20.3 Å². The largest absolute Gasteiger partial charge is 0.462 e. The molecule has 0 aromatic heterocycles. The monoisotopic (exact) mass is 710 g/mol. The van der Waals surface area contributed by atoms with Gasteiger partial charge in [-0.25, -0.2) is 0 Å². The average Bonchev–Trinajstić information content (AvgIpc) is 3.10. The summed E-state index contributed by atoms with van der Waals surface area (Å²) in [6.45, 7) is 6.45. The fraction of sp³-hybridized carbons (Fsp3) is 0.955. The van der Waals surface area contributed by atoms with E-state index in [0.29, 0.717) is 19.3 Å². The Morgan fingerprint density at radius 3 is 1.22 bits per heavy atom. The molecule has 0 radical (unpaired) electrons. The van der Waals surface area contributed by atoms with Crippen LogP contribution >= 0.6 is 0 Å². The highest BCUT2D eigenvalue weighted by Crippen LogP contribution is 2.18. The molecule has 3 atom stereocenters. The average molecular weight is 710 g/mol. The molecule has 0 aliphatic carbocycles. The highest BCUT2D eigenvalue weighted by molar-refractivity contribution is 5.77. The number of aliphatic hydroxyl groups excluding tert-OH is 2. The third-order valence-corrected chi connectivity index (χ3v) is 10.4. The molecule has 6 heteroatoms. The summed E-state index contributed by atoms with van der Waals surface area (Å²) in [4.78, 5) is 25.8. The third kappa shape index (κ3) is 34.0. The van der Waals surface area contributed by atoms with Crippen LogP contribution in [0, 0.1) is 0 Å². The lowest BCUT2D eigenvalue weighted by atomic mass is 10.0. The van der Waals surface area contributed by atoms with Crippen molar-refractivity contribution in [2.24, 2.45) is 0 Å². The Hall–Kier alpha value is -1.14. The van der Waals surface area contributed by atoms with Gasteiger partial charge in [0, 0.05) is 6.42 Å². The van der Waals surface area contributed by atoms with Crippen LogP contribution in [0.1, 0.15) is 245 Å². The fourth-order valence-electron chi connectivity index (χ4n) is 7.02. The minimum absolute atomic E-state index is 0.0861. The second kappa shape index (κ2) is 39.1. The van der Waals surface area contributed by atoms with E-state index in [-0.39, 0.29) is 24.9 Å². The first-order chi connectivity index (χ1) is 24.5. The predicted octanol–water partition coefficient (Wildman–Crippen LogP) is 12.4. The van der Waals surface area contributed by atoms with E-state index in [9.17, 15) is 19.8 Å². The molecule has 0 heterocycles. The van der Waals surface area contributed by atoms with Crippen molar-refractivity contribution in [1.29, 1.82) is 0 Å². The molecule has 3 N–H and O–H groups in total. The molecule has 0 spiro atoms. The van der Waals surface area contributed by atoms with Crippen LogP contribution in [-0.2, 0) is 14.3 Å². The number of nitrogens with one attached hydrogen (secondary N) is 1. The standard InChI is InChI=1S/C44H87NO5/c1-4-7-10-13-16-19-21-22-25-27-30-33-36-42(47)41(39-46)45-43(48)38-40(35-32-29-26-24-20-17-14-11-8-5-2)50-44(49)37-34-31-28-23-18-15-12-9-6-3/h40-42,46-47H,4-39H2,1-3H3,(H,45,48). The lowest BCUT2D eigenvalue weighted by Crippen LogP contribution is -2.46. The van der Waals surface area contributed by atoms with Gasteiger partial charge in [0.25, 0.3) is 0 Å². The van der Waals surface area contributed by atoms with Crippen molar-refractivity contribution in [3.63, 3.8) is 0 Å². The van der Waals surface area contributed by atoms with Gasteiger partial charge in [0.15, 0.2) is 0 Å². The Morgan fingerprint density at radius 2 is 0.840 bits per heavy atom. The van der Waals surface area contributed by atoms with Crippen LogP contribution in [0.5, 0.6) is 0 Å². The minimum Gasteiger partial charge on any atom is -0.462 e. The van der Waals surface area contributed by atoms with Crippen molar-refractivity contribution in [1.82, 2.24) is 5.32 Å². The molecule has 0 aliphatic heterocycles. The SMILES string of the molecule is CCCCCCCCCCCCCCC(O)C(CO)NC(=O)CC(CCCCCCCCCCCC)OC(=O)CCCCCCCCCCC. The molecule has 0 aliphatic rings. The Morgan fingerprint density at radius 1 is 0.500 bits per heavy atom. The molecule has 0 saturated heterocycles. The van der Waals surface area contributed by atoms with E-state index in [1.165, 1.54) is 154 Å². The van der Waals surface area contributed by atoms with E-state index in [2.05, 4.69) is 26.1 Å². The lowest BCUT2D eigenvalue weighted by molar-refractivity contribution is -0.151. The van der Waals surface area contributed by atoms with Crippen LogP contribution in [0.2, 0.25) is 0 Å². The van der Waals surface area contributed by atoms with Gasteiger partial charge in [0.05, 0.1) is 25.2 Å². The van der Waals surface area contributed by atoms with Crippen LogP contribution in [-0.4, -0.2) is 46.9 Å². The number of carbonyl (C=O) groups is 2. The van der Waals surface area contributed by atoms with Crippen molar-refractivity contribution >= 4 is 11.9 Å². The molecule has 0 aromatic carbocycles. The van der Waals surface area contributed by atoms with E-state index in [4.69, 9.17) is 4.74 Å². The quantitative estimate of drug-likeness (QED) is 0.0435. The molecule has 50 heavy (non-hydrogen) atoms. The van der Waals surface area contributed by atoms with Crippen LogP contribution in [0.3, 0.4) is 0 Å². The summed E-state index contributed by atoms with van der Waals surface area (Å²) in [5, 5.41) is 23.6. The summed E-state index contributed by atoms with van der Waals surface area (Å²) in [5.41, 5.74) is 0. The highest BCUT2D eigenvalue weighted by Gasteiger charge is 2.24. The van der Waals surface area contributed by atoms with Crippen molar-refractivity contribution in [2.45, 2.75) is 264 Å². The van der Waals surface area contributed by atoms with Gasteiger partial charge in [0.2, 0.25) is 5.91 Å². The minimum atomic E-state index is -0.776. The normalized spacial score (nSPS) is 13.3. The van der Waals surface area contributed by atoms with Crippen LogP contribution in [0.4, 0.5) is 0 Å². The van der Waals surface area contributed by atoms with Gasteiger partial charge in [-0.05, 0) is 25.7 Å². The van der Waals surface area contributed by atoms with E-state index < -0.39 is 18.2 Å². The van der Waals surface area contributed by atoms with Crippen molar-refractivity contribution in [3.05, 3.63) is 0 Å². The Bertz CT molecular complexity index is 717. The second-order valence-corrected chi connectivity index (χ2v) is 15.5. The molecule has 6 nitrogen and oxygen atoms in total. The maximum Gasteiger partial charge on any atom is 0.306 e. The molecule has 0 rings (SSSR count). The first kappa shape index (κ1) is 48.9.